The molecule has 5 N–H and O–H groups in total. The first-order valence-corrected chi connectivity index (χ1v) is 10.6. The molecule has 0 aromatic rings. The molecule has 1 saturated carbocycles. The molecule has 3 heterocycles. The summed E-state index contributed by atoms with van der Waals surface area (Å²) in [5.74, 6) is 1.36. The van der Waals surface area contributed by atoms with Gasteiger partial charge in [-0.25, -0.2) is 0 Å². The number of hydrogen-bond acceptors (Lipinski definition) is 7. The van der Waals surface area contributed by atoms with Crippen LogP contribution in [0.15, 0.2) is 0 Å². The average molecular weight is 368 g/mol. The molecule has 0 radical (unpaired) electrons. The third kappa shape index (κ3) is 4.41. The predicted molar refractivity (Wildman–Crippen MR) is 101 cm³/mol. The molecule has 26 heavy (non-hydrogen) atoms. The zero-order valence-corrected chi connectivity index (χ0v) is 16.3. The van der Waals surface area contributed by atoms with E-state index < -0.39 is 0 Å². The van der Waals surface area contributed by atoms with Gasteiger partial charge in [0.1, 0.15) is 13.1 Å². The van der Waals surface area contributed by atoms with Gasteiger partial charge in [-0.15, -0.1) is 0 Å². The fourth-order valence-electron chi connectivity index (χ4n) is 5.48. The molecule has 8 unspecified atom stereocenters. The summed E-state index contributed by atoms with van der Waals surface area (Å²) in [5, 5.41) is 18.0. The van der Waals surface area contributed by atoms with E-state index in [1.807, 2.05) is 7.05 Å². The van der Waals surface area contributed by atoms with Gasteiger partial charge in [0.15, 0.2) is 0 Å². The van der Waals surface area contributed by atoms with Crippen molar-refractivity contribution in [1.82, 2.24) is 26.6 Å². The molecule has 0 bridgehead atoms. The van der Waals surface area contributed by atoms with Gasteiger partial charge in [-0.2, -0.15) is 0 Å². The molecular formula is C19H37N5O2. The van der Waals surface area contributed by atoms with E-state index in [9.17, 15) is 0 Å². The van der Waals surface area contributed by atoms with Crippen LogP contribution in [0.1, 0.15) is 45.4 Å². The van der Waals surface area contributed by atoms with Crippen molar-refractivity contribution in [2.75, 3.05) is 26.9 Å². The highest BCUT2D eigenvalue weighted by molar-refractivity contribution is 4.97. The fourth-order valence-corrected chi connectivity index (χ4v) is 5.48. The maximum Gasteiger partial charge on any atom is 0.147 e. The van der Waals surface area contributed by atoms with Crippen LogP contribution in [0.25, 0.3) is 0 Å². The highest BCUT2D eigenvalue weighted by Crippen LogP contribution is 2.40. The molecule has 0 aromatic carbocycles. The predicted octanol–water partition coefficient (Wildman–Crippen LogP) is 0.286. The van der Waals surface area contributed by atoms with Crippen LogP contribution < -0.4 is 26.6 Å². The summed E-state index contributed by atoms with van der Waals surface area (Å²) in [5.41, 5.74) is 0. The summed E-state index contributed by atoms with van der Waals surface area (Å²) in [6.07, 6.45) is 8.25. The first kappa shape index (κ1) is 19.1. The van der Waals surface area contributed by atoms with Crippen molar-refractivity contribution >= 4 is 0 Å². The van der Waals surface area contributed by atoms with Crippen LogP contribution in [0, 0.1) is 11.8 Å². The number of hydrogen-bond donors (Lipinski definition) is 5. The third-order valence-electron chi connectivity index (χ3n) is 6.79. The van der Waals surface area contributed by atoms with Gasteiger partial charge in [-0.3, -0.25) is 16.0 Å². The lowest BCUT2D eigenvalue weighted by atomic mass is 9.72. The van der Waals surface area contributed by atoms with Crippen molar-refractivity contribution < 1.29 is 9.47 Å². The third-order valence-corrected chi connectivity index (χ3v) is 6.79. The van der Waals surface area contributed by atoms with Crippen LogP contribution in [0.5, 0.6) is 0 Å². The summed E-state index contributed by atoms with van der Waals surface area (Å²) in [6.45, 7) is 5.04. The molecule has 7 nitrogen and oxygen atoms in total. The van der Waals surface area contributed by atoms with E-state index in [-0.39, 0.29) is 12.4 Å². The molecule has 3 aliphatic heterocycles. The van der Waals surface area contributed by atoms with Crippen molar-refractivity contribution in [2.24, 2.45) is 11.8 Å². The first-order chi connectivity index (χ1) is 12.7. The van der Waals surface area contributed by atoms with Crippen LogP contribution in [0.2, 0.25) is 0 Å². The minimum Gasteiger partial charge on any atom is -0.349 e. The van der Waals surface area contributed by atoms with E-state index in [1.54, 1.807) is 0 Å². The Bertz CT molecular complexity index is 446. The molecule has 150 valence electrons. The summed E-state index contributed by atoms with van der Waals surface area (Å²) in [6, 6.07) is 0.962. The van der Waals surface area contributed by atoms with Crippen molar-refractivity contribution in [2.45, 2.75) is 82.2 Å². The Morgan fingerprint density at radius 3 is 2.81 bits per heavy atom. The number of fused-ring (bicyclic) bond motifs is 1. The Hall–Kier alpha value is -0.280. The zero-order valence-electron chi connectivity index (χ0n) is 16.3. The van der Waals surface area contributed by atoms with Crippen molar-refractivity contribution in [1.29, 1.82) is 0 Å². The van der Waals surface area contributed by atoms with E-state index >= 15 is 0 Å². The smallest absolute Gasteiger partial charge is 0.147 e. The second kappa shape index (κ2) is 8.82. The average Bonchev–Trinajstić information content (AvgIpc) is 2.93. The second-order valence-corrected chi connectivity index (χ2v) is 8.64. The Morgan fingerprint density at radius 1 is 1.00 bits per heavy atom. The van der Waals surface area contributed by atoms with E-state index in [0.29, 0.717) is 37.1 Å². The molecule has 8 atom stereocenters. The molecule has 7 heteroatoms. The monoisotopic (exact) mass is 367 g/mol. The highest BCUT2D eigenvalue weighted by Gasteiger charge is 2.46. The lowest BCUT2D eigenvalue weighted by molar-refractivity contribution is -0.00420. The van der Waals surface area contributed by atoms with Crippen LogP contribution in [0.3, 0.4) is 0 Å². The summed E-state index contributed by atoms with van der Waals surface area (Å²) in [4.78, 5) is 0. The molecule has 3 saturated heterocycles. The quantitative estimate of drug-likeness (QED) is 0.489. The maximum absolute atomic E-state index is 6.04. The van der Waals surface area contributed by atoms with Gasteiger partial charge in [0, 0.05) is 12.1 Å². The maximum atomic E-state index is 6.04. The SMILES string of the molecule is CNC1CC(C)NC(NC2CC3OCOC3C(C3CCCNCC3)C2)N1. The molecule has 4 rings (SSSR count). The first-order valence-electron chi connectivity index (χ1n) is 10.6. The van der Waals surface area contributed by atoms with Crippen LogP contribution in [-0.4, -0.2) is 63.7 Å². The van der Waals surface area contributed by atoms with Crippen molar-refractivity contribution in [3.63, 3.8) is 0 Å². The molecular weight excluding hydrogens is 330 g/mol. The van der Waals surface area contributed by atoms with Gasteiger partial charge in [-0.1, -0.05) is 0 Å². The Morgan fingerprint density at radius 2 is 1.92 bits per heavy atom. The largest absolute Gasteiger partial charge is 0.349 e. The standard InChI is InChI=1S/C19H37N5O2/c1-12-8-17(20-2)24-19(22-12)23-14-9-15(13-4-3-6-21-7-5-13)18-16(10-14)25-11-26-18/h12-24H,3-11H2,1-2H3. The lowest BCUT2D eigenvalue weighted by Gasteiger charge is -2.44. The summed E-state index contributed by atoms with van der Waals surface area (Å²) < 4.78 is 12.0. The molecule has 4 aliphatic rings. The van der Waals surface area contributed by atoms with Crippen LogP contribution in [0.4, 0.5) is 0 Å². The number of rotatable bonds is 4. The van der Waals surface area contributed by atoms with Gasteiger partial charge in [0.05, 0.1) is 18.4 Å². The molecule has 0 amide bonds. The second-order valence-electron chi connectivity index (χ2n) is 8.64. The van der Waals surface area contributed by atoms with Gasteiger partial charge < -0.3 is 20.1 Å². The Kier molecular flexibility index (Phi) is 6.46. The minimum atomic E-state index is 0.150. The highest BCUT2D eigenvalue weighted by atomic mass is 16.7. The summed E-state index contributed by atoms with van der Waals surface area (Å²) in [7, 11) is 2.03. The number of nitrogens with one attached hydrogen (secondary N) is 5. The van der Waals surface area contributed by atoms with E-state index in [0.717, 1.165) is 31.8 Å². The van der Waals surface area contributed by atoms with Crippen LogP contribution >= 0.6 is 0 Å². The number of ether oxygens (including phenoxy) is 2. The van der Waals surface area contributed by atoms with Gasteiger partial charge in [-0.05, 0) is 77.4 Å². The molecule has 0 spiro atoms. The van der Waals surface area contributed by atoms with E-state index in [1.165, 1.54) is 25.7 Å². The summed E-state index contributed by atoms with van der Waals surface area (Å²) >= 11 is 0. The molecule has 1 aliphatic carbocycles. The zero-order chi connectivity index (χ0) is 17.9. The minimum absolute atomic E-state index is 0.150. The van der Waals surface area contributed by atoms with Gasteiger partial charge in [0.2, 0.25) is 0 Å². The van der Waals surface area contributed by atoms with Crippen molar-refractivity contribution in [3.05, 3.63) is 0 Å². The Balaban J connectivity index is 1.40. The fraction of sp³-hybridized carbons (Fsp3) is 1.00. The van der Waals surface area contributed by atoms with Crippen molar-refractivity contribution in [3.8, 4) is 0 Å². The lowest BCUT2D eigenvalue weighted by Crippen LogP contribution is -2.68. The molecule has 4 fully saturated rings. The normalized spacial score (nSPS) is 47.3. The van der Waals surface area contributed by atoms with Gasteiger partial charge >= 0.3 is 0 Å². The Labute approximate surface area is 157 Å². The van der Waals surface area contributed by atoms with E-state index in [2.05, 4.69) is 33.5 Å². The topological polar surface area (TPSA) is 78.6 Å². The van der Waals surface area contributed by atoms with Gasteiger partial charge in [0.25, 0.3) is 0 Å². The van der Waals surface area contributed by atoms with Crippen LogP contribution in [-0.2, 0) is 9.47 Å². The molecule has 0 aromatic heterocycles. The van der Waals surface area contributed by atoms with E-state index in [4.69, 9.17) is 9.47 Å².